The van der Waals surface area contributed by atoms with Crippen LogP contribution in [0.5, 0.6) is 0 Å². The molecule has 0 atom stereocenters. The number of aryl methyl sites for hydroxylation is 1. The highest BCUT2D eigenvalue weighted by Gasteiger charge is 2.07. The van der Waals surface area contributed by atoms with Crippen LogP contribution >= 0.6 is 15.9 Å². The van der Waals surface area contributed by atoms with Crippen molar-refractivity contribution in [1.29, 1.82) is 0 Å². The van der Waals surface area contributed by atoms with Gasteiger partial charge < -0.3 is 9.84 Å². The van der Waals surface area contributed by atoms with E-state index < -0.39 is 5.97 Å². The molecule has 5 heteroatoms. The number of hydrogen-bond donors (Lipinski definition) is 1. The fourth-order valence-electron chi connectivity index (χ4n) is 1.38. The SMILES string of the molecule is COC(=O)Cc1ccc(CCC(=O)O)c(Br)c1. The van der Waals surface area contributed by atoms with Gasteiger partial charge in [-0.25, -0.2) is 0 Å². The average Bonchev–Trinajstić information content (AvgIpc) is 2.27. The monoisotopic (exact) mass is 300 g/mol. The number of esters is 1. The van der Waals surface area contributed by atoms with Gasteiger partial charge in [0.05, 0.1) is 13.5 Å². The van der Waals surface area contributed by atoms with Crippen molar-refractivity contribution in [3.05, 3.63) is 33.8 Å². The Balaban J connectivity index is 2.72. The first-order chi connectivity index (χ1) is 8.02. The molecule has 0 aliphatic rings. The summed E-state index contributed by atoms with van der Waals surface area (Å²) in [6.07, 6.45) is 0.775. The summed E-state index contributed by atoms with van der Waals surface area (Å²) in [6, 6.07) is 5.44. The number of rotatable bonds is 5. The quantitative estimate of drug-likeness (QED) is 0.847. The lowest BCUT2D eigenvalue weighted by Crippen LogP contribution is -2.05. The second-order valence-corrected chi connectivity index (χ2v) is 4.43. The number of hydrogen-bond acceptors (Lipinski definition) is 3. The van der Waals surface area contributed by atoms with Crippen molar-refractivity contribution in [2.24, 2.45) is 0 Å². The van der Waals surface area contributed by atoms with E-state index in [0.717, 1.165) is 15.6 Å². The molecule has 0 aromatic heterocycles. The van der Waals surface area contributed by atoms with E-state index in [1.165, 1.54) is 7.11 Å². The fraction of sp³-hybridized carbons (Fsp3) is 0.333. The molecule has 0 saturated carbocycles. The molecule has 0 saturated heterocycles. The van der Waals surface area contributed by atoms with Crippen LogP contribution in [0.2, 0.25) is 0 Å². The number of carboxylic acid groups (broad SMARTS) is 1. The molecule has 1 rings (SSSR count). The zero-order valence-corrected chi connectivity index (χ0v) is 11.0. The van der Waals surface area contributed by atoms with E-state index in [-0.39, 0.29) is 18.8 Å². The van der Waals surface area contributed by atoms with E-state index in [1.807, 2.05) is 12.1 Å². The molecule has 92 valence electrons. The van der Waals surface area contributed by atoms with Crippen LogP contribution in [0.15, 0.2) is 22.7 Å². The van der Waals surface area contributed by atoms with E-state index in [1.54, 1.807) is 6.07 Å². The average molecular weight is 301 g/mol. The van der Waals surface area contributed by atoms with Crippen LogP contribution in [0.25, 0.3) is 0 Å². The predicted molar refractivity (Wildman–Crippen MR) is 65.8 cm³/mol. The highest BCUT2D eigenvalue weighted by atomic mass is 79.9. The Bertz CT molecular complexity index is 429. The van der Waals surface area contributed by atoms with Gasteiger partial charge in [-0.15, -0.1) is 0 Å². The summed E-state index contributed by atoms with van der Waals surface area (Å²) in [5.74, 6) is -1.12. The molecule has 0 aliphatic carbocycles. The van der Waals surface area contributed by atoms with Gasteiger partial charge in [-0.05, 0) is 23.6 Å². The molecule has 0 radical (unpaired) electrons. The van der Waals surface area contributed by atoms with Crippen LogP contribution in [0.4, 0.5) is 0 Å². The minimum absolute atomic E-state index is 0.0922. The predicted octanol–water partition coefficient (Wildman–Crippen LogP) is 2.18. The topological polar surface area (TPSA) is 63.6 Å². The fourth-order valence-corrected chi connectivity index (χ4v) is 2.01. The third-order valence-electron chi connectivity index (χ3n) is 2.30. The number of aliphatic carboxylic acids is 1. The minimum atomic E-state index is -0.824. The van der Waals surface area contributed by atoms with Crippen molar-refractivity contribution < 1.29 is 19.4 Å². The van der Waals surface area contributed by atoms with Crippen molar-refractivity contribution in [3.8, 4) is 0 Å². The Morgan fingerprint density at radius 2 is 2.12 bits per heavy atom. The molecule has 0 unspecified atom stereocenters. The van der Waals surface area contributed by atoms with Crippen molar-refractivity contribution in [2.45, 2.75) is 19.3 Å². The largest absolute Gasteiger partial charge is 0.481 e. The van der Waals surface area contributed by atoms with Gasteiger partial charge in [-0.2, -0.15) is 0 Å². The third kappa shape index (κ3) is 4.56. The standard InChI is InChI=1S/C12H13BrO4/c1-17-12(16)7-8-2-3-9(10(13)6-8)4-5-11(14)15/h2-3,6H,4-5,7H2,1H3,(H,14,15). The summed E-state index contributed by atoms with van der Waals surface area (Å²) in [5.41, 5.74) is 1.75. The minimum Gasteiger partial charge on any atom is -0.481 e. The zero-order valence-electron chi connectivity index (χ0n) is 9.40. The van der Waals surface area contributed by atoms with E-state index in [4.69, 9.17) is 5.11 Å². The lowest BCUT2D eigenvalue weighted by Gasteiger charge is -2.06. The van der Waals surface area contributed by atoms with Crippen molar-refractivity contribution in [3.63, 3.8) is 0 Å². The Morgan fingerprint density at radius 3 is 2.65 bits per heavy atom. The second kappa shape index (κ2) is 6.39. The zero-order chi connectivity index (χ0) is 12.8. The van der Waals surface area contributed by atoms with Crippen LogP contribution in [0, 0.1) is 0 Å². The van der Waals surface area contributed by atoms with Gasteiger partial charge in [0.1, 0.15) is 0 Å². The lowest BCUT2D eigenvalue weighted by molar-refractivity contribution is -0.140. The van der Waals surface area contributed by atoms with Crippen LogP contribution < -0.4 is 0 Å². The van der Waals surface area contributed by atoms with Crippen LogP contribution in [0.3, 0.4) is 0 Å². The van der Waals surface area contributed by atoms with Gasteiger partial charge in [-0.3, -0.25) is 9.59 Å². The van der Waals surface area contributed by atoms with Gasteiger partial charge in [0.25, 0.3) is 0 Å². The first-order valence-corrected chi connectivity index (χ1v) is 5.88. The molecule has 0 bridgehead atoms. The summed E-state index contributed by atoms with van der Waals surface area (Å²) in [7, 11) is 1.35. The van der Waals surface area contributed by atoms with Crippen LogP contribution in [-0.2, 0) is 27.2 Å². The molecule has 17 heavy (non-hydrogen) atoms. The van der Waals surface area contributed by atoms with E-state index in [9.17, 15) is 9.59 Å². The maximum absolute atomic E-state index is 11.1. The van der Waals surface area contributed by atoms with Gasteiger partial charge in [0.15, 0.2) is 0 Å². The summed E-state index contributed by atoms with van der Waals surface area (Å²) < 4.78 is 5.39. The maximum Gasteiger partial charge on any atom is 0.309 e. The molecule has 1 aromatic carbocycles. The summed E-state index contributed by atoms with van der Waals surface area (Å²) in [6.45, 7) is 0. The van der Waals surface area contributed by atoms with Crippen molar-refractivity contribution in [1.82, 2.24) is 0 Å². The summed E-state index contributed by atoms with van der Waals surface area (Å²) >= 11 is 3.36. The molecular weight excluding hydrogens is 288 g/mol. The molecule has 0 fully saturated rings. The van der Waals surface area contributed by atoms with E-state index in [0.29, 0.717) is 6.42 Å². The van der Waals surface area contributed by atoms with Gasteiger partial charge >= 0.3 is 11.9 Å². The number of carbonyl (C=O) groups excluding carboxylic acids is 1. The Labute approximate surface area is 108 Å². The van der Waals surface area contributed by atoms with E-state index in [2.05, 4.69) is 20.7 Å². The number of carbonyl (C=O) groups is 2. The van der Waals surface area contributed by atoms with Crippen molar-refractivity contribution >= 4 is 27.9 Å². The number of methoxy groups -OCH3 is 1. The molecule has 0 amide bonds. The number of ether oxygens (including phenoxy) is 1. The van der Waals surface area contributed by atoms with Crippen LogP contribution in [0.1, 0.15) is 17.5 Å². The van der Waals surface area contributed by atoms with Crippen LogP contribution in [-0.4, -0.2) is 24.2 Å². The molecule has 0 aliphatic heterocycles. The molecular formula is C12H13BrO4. The Kier molecular flexibility index (Phi) is 5.15. The normalized spacial score (nSPS) is 10.0. The summed E-state index contributed by atoms with van der Waals surface area (Å²) in [5, 5.41) is 8.59. The molecule has 1 aromatic rings. The smallest absolute Gasteiger partial charge is 0.309 e. The molecule has 0 heterocycles. The van der Waals surface area contributed by atoms with Gasteiger partial charge in [-0.1, -0.05) is 28.1 Å². The molecule has 1 N–H and O–H groups in total. The molecule has 4 nitrogen and oxygen atoms in total. The highest BCUT2D eigenvalue weighted by molar-refractivity contribution is 9.10. The third-order valence-corrected chi connectivity index (χ3v) is 3.04. The number of benzene rings is 1. The summed E-state index contributed by atoms with van der Waals surface area (Å²) in [4.78, 5) is 21.5. The first kappa shape index (κ1) is 13.7. The van der Waals surface area contributed by atoms with E-state index >= 15 is 0 Å². The number of halogens is 1. The first-order valence-electron chi connectivity index (χ1n) is 5.09. The lowest BCUT2D eigenvalue weighted by atomic mass is 10.1. The maximum atomic E-state index is 11.1. The number of carboxylic acids is 1. The second-order valence-electron chi connectivity index (χ2n) is 3.57. The van der Waals surface area contributed by atoms with Gasteiger partial charge in [0.2, 0.25) is 0 Å². The Hall–Kier alpha value is -1.36. The van der Waals surface area contributed by atoms with Gasteiger partial charge in [0, 0.05) is 10.9 Å². The van der Waals surface area contributed by atoms with Crippen molar-refractivity contribution in [2.75, 3.05) is 7.11 Å². The highest BCUT2D eigenvalue weighted by Crippen LogP contribution is 2.20. The molecule has 0 spiro atoms. The Morgan fingerprint density at radius 1 is 1.41 bits per heavy atom.